The molecule has 0 saturated carbocycles. The Labute approximate surface area is 188 Å². The van der Waals surface area contributed by atoms with Gasteiger partial charge in [-0.05, 0) is 67.8 Å². The highest BCUT2D eigenvalue weighted by molar-refractivity contribution is 5.96. The quantitative estimate of drug-likeness (QED) is 0.693. The first-order valence-electron chi connectivity index (χ1n) is 11.1. The average Bonchev–Trinajstić information content (AvgIpc) is 3.31. The van der Waals surface area contributed by atoms with E-state index in [1.54, 1.807) is 19.2 Å². The number of rotatable bonds is 6. The highest BCUT2D eigenvalue weighted by atomic mass is 16.5. The summed E-state index contributed by atoms with van der Waals surface area (Å²) in [4.78, 5) is 29.4. The Balaban J connectivity index is 1.35. The fourth-order valence-electron chi connectivity index (χ4n) is 4.27. The van der Waals surface area contributed by atoms with Crippen LogP contribution >= 0.6 is 0 Å². The lowest BCUT2D eigenvalue weighted by atomic mass is 10.1. The van der Waals surface area contributed by atoms with Crippen LogP contribution in [0.15, 0.2) is 42.5 Å². The monoisotopic (exact) mass is 438 g/mol. The lowest BCUT2D eigenvalue weighted by Gasteiger charge is -2.27. The van der Waals surface area contributed by atoms with Crippen molar-refractivity contribution in [3.63, 3.8) is 0 Å². The van der Waals surface area contributed by atoms with Crippen molar-refractivity contribution in [3.8, 4) is 11.5 Å². The number of likely N-dealkylation sites (tertiary alicyclic amines) is 1. The van der Waals surface area contributed by atoms with E-state index in [0.717, 1.165) is 30.7 Å². The van der Waals surface area contributed by atoms with Crippen LogP contribution in [0.5, 0.6) is 11.5 Å². The predicted octanol–water partition coefficient (Wildman–Crippen LogP) is 3.16. The maximum atomic E-state index is 13.1. The molecule has 0 bridgehead atoms. The predicted molar refractivity (Wildman–Crippen MR) is 120 cm³/mol. The summed E-state index contributed by atoms with van der Waals surface area (Å²) in [7, 11) is 1.62. The Morgan fingerprint density at radius 2 is 1.72 bits per heavy atom. The minimum Gasteiger partial charge on any atom is -0.497 e. The topological polar surface area (TPSA) is 68.3 Å². The molecule has 2 aliphatic heterocycles. The summed E-state index contributed by atoms with van der Waals surface area (Å²) in [5.74, 6) is 1.49. The Hall–Kier alpha value is -3.06. The first kappa shape index (κ1) is 22.1. The lowest BCUT2D eigenvalue weighted by Crippen LogP contribution is -2.40. The van der Waals surface area contributed by atoms with Crippen LogP contribution in [-0.2, 0) is 4.74 Å². The zero-order chi connectivity index (χ0) is 22.5. The summed E-state index contributed by atoms with van der Waals surface area (Å²) in [6.45, 7) is 5.49. The molecule has 0 aliphatic carbocycles. The zero-order valence-electron chi connectivity index (χ0n) is 18.7. The number of hydrogen-bond donors (Lipinski definition) is 0. The minimum atomic E-state index is 0.0160. The fraction of sp³-hybridized carbons (Fsp3) is 0.440. The number of benzene rings is 2. The van der Waals surface area contributed by atoms with Crippen LogP contribution in [0, 0.1) is 6.92 Å². The van der Waals surface area contributed by atoms with Gasteiger partial charge in [-0.25, -0.2) is 0 Å². The molecule has 0 radical (unpaired) electrons. The number of amides is 2. The fourth-order valence-corrected chi connectivity index (χ4v) is 4.27. The van der Waals surface area contributed by atoms with Gasteiger partial charge in [-0.3, -0.25) is 9.59 Å². The Kier molecular flexibility index (Phi) is 6.95. The smallest absolute Gasteiger partial charge is 0.254 e. The van der Waals surface area contributed by atoms with E-state index in [0.29, 0.717) is 49.8 Å². The molecule has 1 atom stereocenters. The molecule has 0 N–H and O–H groups in total. The zero-order valence-corrected chi connectivity index (χ0v) is 18.7. The van der Waals surface area contributed by atoms with E-state index < -0.39 is 0 Å². The van der Waals surface area contributed by atoms with Crippen LogP contribution in [0.4, 0.5) is 0 Å². The van der Waals surface area contributed by atoms with Crippen molar-refractivity contribution in [2.45, 2.75) is 25.8 Å². The van der Waals surface area contributed by atoms with Crippen LogP contribution in [0.1, 0.15) is 39.1 Å². The number of nitrogens with zero attached hydrogens (tertiary/aromatic N) is 2. The average molecular weight is 439 g/mol. The third-order valence-corrected chi connectivity index (χ3v) is 6.14. The number of aryl methyl sites for hydroxylation is 1. The second-order valence-corrected chi connectivity index (χ2v) is 8.22. The number of ether oxygens (including phenoxy) is 3. The van der Waals surface area contributed by atoms with Gasteiger partial charge in [-0.1, -0.05) is 0 Å². The van der Waals surface area contributed by atoms with Crippen molar-refractivity contribution in [2.24, 2.45) is 0 Å². The molecule has 2 aromatic carbocycles. The van der Waals surface area contributed by atoms with Crippen LogP contribution < -0.4 is 9.47 Å². The molecular formula is C25H30N2O5. The number of carbonyl (C=O) groups is 2. The standard InChI is InChI=1S/C25H30N2O5/c1-18-16-22(30-2)9-10-23(18)25(29)27-11-3-4-20(27)17-32-21-7-5-19(6-8-21)24(28)26-12-14-31-15-13-26/h5-10,16,20H,3-4,11-15,17H2,1-2H3. The van der Waals surface area contributed by atoms with Gasteiger partial charge in [0.25, 0.3) is 11.8 Å². The largest absolute Gasteiger partial charge is 0.497 e. The molecule has 2 aliphatic rings. The van der Waals surface area contributed by atoms with Crippen LogP contribution in [0.3, 0.4) is 0 Å². The molecular weight excluding hydrogens is 408 g/mol. The molecule has 32 heavy (non-hydrogen) atoms. The van der Waals surface area contributed by atoms with Gasteiger partial charge in [-0.2, -0.15) is 0 Å². The normalized spacial score (nSPS) is 18.5. The van der Waals surface area contributed by atoms with Crippen molar-refractivity contribution in [1.29, 1.82) is 0 Å². The van der Waals surface area contributed by atoms with Crippen molar-refractivity contribution < 1.29 is 23.8 Å². The summed E-state index contributed by atoms with van der Waals surface area (Å²) in [5, 5.41) is 0. The molecule has 0 spiro atoms. The maximum absolute atomic E-state index is 13.1. The summed E-state index contributed by atoms with van der Waals surface area (Å²) in [6, 6.07) is 12.8. The van der Waals surface area contributed by atoms with E-state index in [4.69, 9.17) is 14.2 Å². The van der Waals surface area contributed by atoms with Crippen molar-refractivity contribution in [1.82, 2.24) is 9.80 Å². The summed E-state index contributed by atoms with van der Waals surface area (Å²) >= 11 is 0. The van der Waals surface area contributed by atoms with Crippen LogP contribution in [0.2, 0.25) is 0 Å². The highest BCUT2D eigenvalue weighted by Crippen LogP contribution is 2.25. The molecule has 0 aromatic heterocycles. The Morgan fingerprint density at radius 3 is 2.41 bits per heavy atom. The van der Waals surface area contributed by atoms with E-state index in [2.05, 4.69) is 0 Å². The van der Waals surface area contributed by atoms with Crippen molar-refractivity contribution in [2.75, 3.05) is 46.6 Å². The van der Waals surface area contributed by atoms with Gasteiger partial charge in [-0.15, -0.1) is 0 Å². The number of morpholine rings is 1. The number of carbonyl (C=O) groups excluding carboxylic acids is 2. The Bertz CT molecular complexity index is 953. The first-order chi connectivity index (χ1) is 15.6. The molecule has 2 fully saturated rings. The van der Waals surface area contributed by atoms with Gasteiger partial charge in [0, 0.05) is 30.8 Å². The SMILES string of the molecule is COc1ccc(C(=O)N2CCCC2COc2ccc(C(=O)N3CCOCC3)cc2)c(C)c1. The molecule has 1 unspecified atom stereocenters. The van der Waals surface area contributed by atoms with Gasteiger partial charge >= 0.3 is 0 Å². The molecule has 2 amide bonds. The van der Waals surface area contributed by atoms with E-state index in [-0.39, 0.29) is 17.9 Å². The van der Waals surface area contributed by atoms with Crippen molar-refractivity contribution in [3.05, 3.63) is 59.2 Å². The van der Waals surface area contributed by atoms with Gasteiger partial charge in [0.1, 0.15) is 18.1 Å². The maximum Gasteiger partial charge on any atom is 0.254 e. The van der Waals surface area contributed by atoms with Gasteiger partial charge < -0.3 is 24.0 Å². The minimum absolute atomic E-state index is 0.0160. The lowest BCUT2D eigenvalue weighted by molar-refractivity contribution is 0.0303. The molecule has 2 saturated heterocycles. The Morgan fingerprint density at radius 1 is 1.00 bits per heavy atom. The summed E-state index contributed by atoms with van der Waals surface area (Å²) in [6.07, 6.45) is 1.87. The molecule has 7 nitrogen and oxygen atoms in total. The number of hydrogen-bond acceptors (Lipinski definition) is 5. The second kappa shape index (κ2) is 10.0. The van der Waals surface area contributed by atoms with Gasteiger partial charge in [0.2, 0.25) is 0 Å². The third kappa shape index (κ3) is 4.88. The van der Waals surface area contributed by atoms with E-state index in [1.807, 2.05) is 47.1 Å². The highest BCUT2D eigenvalue weighted by Gasteiger charge is 2.30. The molecule has 170 valence electrons. The summed E-state index contributed by atoms with van der Waals surface area (Å²) < 4.78 is 16.6. The molecule has 4 rings (SSSR count). The van der Waals surface area contributed by atoms with E-state index >= 15 is 0 Å². The number of methoxy groups -OCH3 is 1. The van der Waals surface area contributed by atoms with Crippen molar-refractivity contribution >= 4 is 11.8 Å². The molecule has 2 aromatic rings. The van der Waals surface area contributed by atoms with Crippen LogP contribution in [-0.4, -0.2) is 74.2 Å². The van der Waals surface area contributed by atoms with Gasteiger partial charge in [0.15, 0.2) is 0 Å². The first-order valence-corrected chi connectivity index (χ1v) is 11.1. The van der Waals surface area contributed by atoms with Crippen LogP contribution in [0.25, 0.3) is 0 Å². The molecule has 7 heteroatoms. The van der Waals surface area contributed by atoms with E-state index in [9.17, 15) is 9.59 Å². The third-order valence-electron chi connectivity index (χ3n) is 6.14. The summed E-state index contributed by atoms with van der Waals surface area (Å²) in [5.41, 5.74) is 2.25. The van der Waals surface area contributed by atoms with Gasteiger partial charge in [0.05, 0.1) is 26.4 Å². The van der Waals surface area contributed by atoms with E-state index in [1.165, 1.54) is 0 Å². The molecule has 2 heterocycles. The second-order valence-electron chi connectivity index (χ2n) is 8.22.